The van der Waals surface area contributed by atoms with E-state index < -0.39 is 17.6 Å². The number of halogens is 4. The van der Waals surface area contributed by atoms with Crippen LogP contribution in [0.25, 0.3) is 0 Å². The lowest BCUT2D eigenvalue weighted by molar-refractivity contribution is -0.137. The lowest BCUT2D eigenvalue weighted by Crippen LogP contribution is -2.37. The molecule has 0 aliphatic rings. The zero-order valence-electron chi connectivity index (χ0n) is 11.5. The fourth-order valence-electron chi connectivity index (χ4n) is 1.74. The lowest BCUT2D eigenvalue weighted by atomic mass is 10.2. The van der Waals surface area contributed by atoms with E-state index in [4.69, 9.17) is 21.8 Å². The van der Waals surface area contributed by atoms with E-state index >= 15 is 0 Å². The quantitative estimate of drug-likeness (QED) is 0.705. The molecule has 1 aromatic rings. The van der Waals surface area contributed by atoms with Gasteiger partial charge in [0.15, 0.2) is 0 Å². The van der Waals surface area contributed by atoms with Crippen LogP contribution in [0.15, 0.2) is 18.2 Å². The number of hydrogen-bond acceptors (Lipinski definition) is 4. The van der Waals surface area contributed by atoms with Crippen LogP contribution in [0.5, 0.6) is 0 Å². The zero-order valence-corrected chi connectivity index (χ0v) is 12.3. The van der Waals surface area contributed by atoms with E-state index in [9.17, 15) is 18.0 Å². The molecule has 0 bridgehead atoms. The zero-order chi connectivity index (χ0) is 16.8. The summed E-state index contributed by atoms with van der Waals surface area (Å²) in [7, 11) is 0. The van der Waals surface area contributed by atoms with Gasteiger partial charge in [0.2, 0.25) is 5.91 Å². The molecule has 0 aliphatic heterocycles. The standard InChI is InChI=1S/C13H16ClF3N2O3/c14-10-2-1-9(13(15,16)17)7-11(10)18-12(22)8-19(3-5-20)4-6-21/h1-2,7,20-21H,3-6,8H2,(H,18,22). The molecule has 5 nitrogen and oxygen atoms in total. The molecule has 0 fully saturated rings. The van der Waals surface area contributed by atoms with Crippen molar-refractivity contribution in [2.45, 2.75) is 6.18 Å². The smallest absolute Gasteiger partial charge is 0.395 e. The highest BCUT2D eigenvalue weighted by molar-refractivity contribution is 6.33. The first-order valence-corrected chi connectivity index (χ1v) is 6.76. The van der Waals surface area contributed by atoms with Gasteiger partial charge in [0.05, 0.1) is 36.0 Å². The molecule has 0 saturated carbocycles. The van der Waals surface area contributed by atoms with E-state index in [-0.39, 0.29) is 43.6 Å². The second kappa shape index (κ2) is 8.33. The minimum absolute atomic E-state index is 0.0165. The summed E-state index contributed by atoms with van der Waals surface area (Å²) >= 11 is 5.77. The lowest BCUT2D eigenvalue weighted by Gasteiger charge is -2.19. The van der Waals surface area contributed by atoms with Crippen LogP contribution in [0.4, 0.5) is 18.9 Å². The molecule has 0 radical (unpaired) electrons. The predicted octanol–water partition coefficient (Wildman–Crippen LogP) is 1.58. The van der Waals surface area contributed by atoms with E-state index in [2.05, 4.69) is 5.32 Å². The molecule has 0 atom stereocenters. The molecule has 0 heterocycles. The average molecular weight is 341 g/mol. The van der Waals surface area contributed by atoms with Gasteiger partial charge in [-0.2, -0.15) is 13.2 Å². The summed E-state index contributed by atoms with van der Waals surface area (Å²) in [5, 5.41) is 19.9. The minimum atomic E-state index is -4.54. The minimum Gasteiger partial charge on any atom is -0.395 e. The second-order valence-electron chi connectivity index (χ2n) is 4.46. The summed E-state index contributed by atoms with van der Waals surface area (Å²) in [6.45, 7) is -0.294. The Bertz CT molecular complexity index is 506. The first kappa shape index (κ1) is 18.7. The van der Waals surface area contributed by atoms with Crippen molar-refractivity contribution in [3.63, 3.8) is 0 Å². The maximum Gasteiger partial charge on any atom is 0.416 e. The van der Waals surface area contributed by atoms with Crippen LogP contribution in [0, 0.1) is 0 Å². The van der Waals surface area contributed by atoms with Crippen LogP contribution in [0.1, 0.15) is 5.56 Å². The Morgan fingerprint density at radius 1 is 1.23 bits per heavy atom. The van der Waals surface area contributed by atoms with Gasteiger partial charge in [-0.1, -0.05) is 11.6 Å². The molecule has 0 aromatic heterocycles. The summed E-state index contributed by atoms with van der Waals surface area (Å²) in [6.07, 6.45) is -4.54. The highest BCUT2D eigenvalue weighted by Gasteiger charge is 2.31. The van der Waals surface area contributed by atoms with Crippen molar-refractivity contribution in [2.75, 3.05) is 38.2 Å². The number of anilines is 1. The number of amides is 1. The number of rotatable bonds is 7. The Morgan fingerprint density at radius 3 is 2.32 bits per heavy atom. The van der Waals surface area contributed by atoms with Crippen molar-refractivity contribution in [2.24, 2.45) is 0 Å². The third-order valence-corrected chi connectivity index (χ3v) is 3.10. The van der Waals surface area contributed by atoms with Crippen LogP contribution < -0.4 is 5.32 Å². The van der Waals surface area contributed by atoms with Gasteiger partial charge in [0.1, 0.15) is 0 Å². The van der Waals surface area contributed by atoms with E-state index in [1.54, 1.807) is 0 Å². The van der Waals surface area contributed by atoms with Crippen molar-refractivity contribution in [1.29, 1.82) is 0 Å². The van der Waals surface area contributed by atoms with E-state index in [1.807, 2.05) is 0 Å². The molecule has 0 spiro atoms. The van der Waals surface area contributed by atoms with Gasteiger partial charge >= 0.3 is 6.18 Å². The maximum absolute atomic E-state index is 12.6. The Balaban J connectivity index is 2.78. The van der Waals surface area contributed by atoms with Gasteiger partial charge in [0.25, 0.3) is 0 Å². The molecular formula is C13H16ClF3N2O3. The molecule has 9 heteroatoms. The first-order valence-electron chi connectivity index (χ1n) is 6.38. The van der Waals surface area contributed by atoms with Gasteiger partial charge in [-0.05, 0) is 18.2 Å². The topological polar surface area (TPSA) is 72.8 Å². The average Bonchev–Trinajstić information content (AvgIpc) is 2.40. The number of aliphatic hydroxyl groups excluding tert-OH is 2. The Kier molecular flexibility index (Phi) is 7.08. The summed E-state index contributed by atoms with van der Waals surface area (Å²) < 4.78 is 37.9. The van der Waals surface area contributed by atoms with Gasteiger partial charge in [-0.15, -0.1) is 0 Å². The number of carbonyl (C=O) groups excluding carboxylic acids is 1. The maximum atomic E-state index is 12.6. The molecule has 0 unspecified atom stereocenters. The number of nitrogens with zero attached hydrogens (tertiary/aromatic N) is 1. The van der Waals surface area contributed by atoms with E-state index in [0.29, 0.717) is 0 Å². The molecule has 1 amide bonds. The first-order chi connectivity index (χ1) is 10.3. The summed E-state index contributed by atoms with van der Waals surface area (Å²) in [6, 6.07) is 2.63. The van der Waals surface area contributed by atoms with Crippen LogP contribution in [0.3, 0.4) is 0 Å². The number of benzene rings is 1. The van der Waals surface area contributed by atoms with Crippen molar-refractivity contribution >= 4 is 23.2 Å². The Morgan fingerprint density at radius 2 is 1.82 bits per heavy atom. The number of aliphatic hydroxyl groups is 2. The van der Waals surface area contributed by atoms with Gasteiger partial charge in [-0.25, -0.2) is 0 Å². The summed E-state index contributed by atoms with van der Waals surface area (Å²) in [5.74, 6) is -0.594. The van der Waals surface area contributed by atoms with E-state index in [0.717, 1.165) is 18.2 Å². The third kappa shape index (κ3) is 5.80. The molecule has 0 aliphatic carbocycles. The largest absolute Gasteiger partial charge is 0.416 e. The highest BCUT2D eigenvalue weighted by Crippen LogP contribution is 2.33. The van der Waals surface area contributed by atoms with E-state index in [1.165, 1.54) is 4.90 Å². The van der Waals surface area contributed by atoms with Crippen molar-refractivity contribution in [3.05, 3.63) is 28.8 Å². The molecule has 1 aromatic carbocycles. The molecule has 0 saturated heterocycles. The van der Waals surface area contributed by atoms with Crippen molar-refractivity contribution in [3.8, 4) is 0 Å². The van der Waals surface area contributed by atoms with Crippen LogP contribution in [-0.2, 0) is 11.0 Å². The fraction of sp³-hybridized carbons (Fsp3) is 0.462. The second-order valence-corrected chi connectivity index (χ2v) is 4.87. The number of carbonyl (C=O) groups is 1. The SMILES string of the molecule is O=C(CN(CCO)CCO)Nc1cc(C(F)(F)F)ccc1Cl. The summed E-state index contributed by atoms with van der Waals surface area (Å²) in [5.41, 5.74) is -1.07. The van der Waals surface area contributed by atoms with Gasteiger partial charge in [-0.3, -0.25) is 9.69 Å². The molecular weight excluding hydrogens is 325 g/mol. The van der Waals surface area contributed by atoms with Gasteiger partial charge < -0.3 is 15.5 Å². The number of hydrogen-bond donors (Lipinski definition) is 3. The Hall–Kier alpha value is -1.35. The number of alkyl halides is 3. The predicted molar refractivity (Wildman–Crippen MR) is 75.7 cm³/mol. The highest BCUT2D eigenvalue weighted by atomic mass is 35.5. The van der Waals surface area contributed by atoms with Crippen LogP contribution in [-0.4, -0.2) is 53.9 Å². The van der Waals surface area contributed by atoms with Gasteiger partial charge in [0, 0.05) is 13.1 Å². The van der Waals surface area contributed by atoms with Crippen LogP contribution in [0.2, 0.25) is 5.02 Å². The molecule has 124 valence electrons. The molecule has 1 rings (SSSR count). The molecule has 3 N–H and O–H groups in total. The molecule has 22 heavy (non-hydrogen) atoms. The normalized spacial score (nSPS) is 11.8. The number of nitrogens with one attached hydrogen (secondary N) is 1. The van der Waals surface area contributed by atoms with Crippen molar-refractivity contribution < 1.29 is 28.2 Å². The summed E-state index contributed by atoms with van der Waals surface area (Å²) in [4.78, 5) is 13.3. The third-order valence-electron chi connectivity index (χ3n) is 2.77. The monoisotopic (exact) mass is 340 g/mol. The van der Waals surface area contributed by atoms with Crippen molar-refractivity contribution in [1.82, 2.24) is 4.90 Å². The van der Waals surface area contributed by atoms with Crippen LogP contribution >= 0.6 is 11.6 Å². The Labute approximate surface area is 130 Å². The fourth-order valence-corrected chi connectivity index (χ4v) is 1.91.